The van der Waals surface area contributed by atoms with E-state index in [1.165, 1.54) is 6.26 Å². The Morgan fingerprint density at radius 3 is 2.59 bits per heavy atom. The summed E-state index contributed by atoms with van der Waals surface area (Å²) >= 11 is 0. The number of amides is 1. The lowest BCUT2D eigenvalue weighted by molar-refractivity contribution is 0.102. The maximum absolute atomic E-state index is 13.1. The fraction of sp³-hybridized carbons (Fsp3) is 0.174. The van der Waals surface area contributed by atoms with Crippen LogP contribution in [0.4, 0.5) is 5.69 Å². The Morgan fingerprint density at radius 1 is 1.07 bits per heavy atom. The highest BCUT2D eigenvalue weighted by Gasteiger charge is 2.15. The molecule has 1 N–H and O–H groups in total. The average Bonchev–Trinajstić information content (AvgIpc) is 3.13. The Labute approximate surface area is 167 Å². The van der Waals surface area contributed by atoms with E-state index in [1.54, 1.807) is 30.8 Å². The van der Waals surface area contributed by atoms with Crippen LogP contribution in [-0.2, 0) is 7.05 Å². The first kappa shape index (κ1) is 18.7. The molecular formula is C23H21N3O3. The van der Waals surface area contributed by atoms with Crippen LogP contribution >= 0.6 is 0 Å². The predicted octanol–water partition coefficient (Wildman–Crippen LogP) is 4.37. The van der Waals surface area contributed by atoms with Crippen molar-refractivity contribution in [2.24, 2.45) is 7.05 Å². The molecule has 3 heterocycles. The van der Waals surface area contributed by atoms with Crippen molar-refractivity contribution in [3.8, 4) is 11.1 Å². The molecular weight excluding hydrogens is 366 g/mol. The summed E-state index contributed by atoms with van der Waals surface area (Å²) in [4.78, 5) is 29.9. The van der Waals surface area contributed by atoms with E-state index in [9.17, 15) is 9.59 Å². The minimum atomic E-state index is -0.253. The molecule has 1 aromatic carbocycles. The van der Waals surface area contributed by atoms with Gasteiger partial charge in [-0.15, -0.1) is 0 Å². The summed E-state index contributed by atoms with van der Waals surface area (Å²) in [7, 11) is 1.76. The standard InChI is InChI=1S/C23H21N3O3/c1-13-5-6-17(25-22(27)18-7-8-29-15(18)3)11-19(13)20-10-16-12-24-14(2)9-21(16)26(4)23(20)28/h5-12H,1-4H3,(H,25,27). The van der Waals surface area contributed by atoms with Crippen LogP contribution in [0.3, 0.4) is 0 Å². The van der Waals surface area contributed by atoms with E-state index >= 15 is 0 Å². The van der Waals surface area contributed by atoms with Gasteiger partial charge in [-0.1, -0.05) is 6.07 Å². The minimum Gasteiger partial charge on any atom is -0.469 e. The van der Waals surface area contributed by atoms with Gasteiger partial charge in [-0.25, -0.2) is 0 Å². The summed E-state index contributed by atoms with van der Waals surface area (Å²) in [5.74, 6) is 0.304. The molecule has 0 atom stereocenters. The number of fused-ring (bicyclic) bond motifs is 1. The molecule has 0 saturated heterocycles. The molecule has 0 radical (unpaired) electrons. The summed E-state index contributed by atoms with van der Waals surface area (Å²) in [6.07, 6.45) is 3.26. The molecule has 0 bridgehead atoms. The molecule has 4 aromatic rings. The lowest BCUT2D eigenvalue weighted by Crippen LogP contribution is -2.19. The van der Waals surface area contributed by atoms with Crippen molar-refractivity contribution in [3.63, 3.8) is 0 Å². The predicted molar refractivity (Wildman–Crippen MR) is 113 cm³/mol. The van der Waals surface area contributed by atoms with Gasteiger partial charge in [0.15, 0.2) is 0 Å². The molecule has 3 aromatic heterocycles. The average molecular weight is 387 g/mol. The number of benzene rings is 1. The van der Waals surface area contributed by atoms with Gasteiger partial charge in [-0.05, 0) is 62.2 Å². The zero-order valence-electron chi connectivity index (χ0n) is 16.7. The highest BCUT2D eigenvalue weighted by Crippen LogP contribution is 2.27. The molecule has 0 aliphatic carbocycles. The molecule has 29 heavy (non-hydrogen) atoms. The van der Waals surface area contributed by atoms with Gasteiger partial charge in [0, 0.05) is 35.6 Å². The Hall–Kier alpha value is -3.67. The Bertz CT molecular complexity index is 1310. The van der Waals surface area contributed by atoms with Gasteiger partial charge in [0.25, 0.3) is 11.5 Å². The van der Waals surface area contributed by atoms with Gasteiger partial charge in [-0.3, -0.25) is 14.6 Å². The first-order valence-electron chi connectivity index (χ1n) is 9.28. The molecule has 0 spiro atoms. The second kappa shape index (κ2) is 7.05. The summed E-state index contributed by atoms with van der Waals surface area (Å²) in [5, 5.41) is 3.77. The molecule has 0 saturated carbocycles. The highest BCUT2D eigenvalue weighted by molar-refractivity contribution is 6.05. The Morgan fingerprint density at radius 2 is 1.86 bits per heavy atom. The lowest BCUT2D eigenvalue weighted by atomic mass is 9.99. The number of aryl methyl sites for hydroxylation is 4. The number of nitrogens with zero attached hydrogens (tertiary/aromatic N) is 2. The van der Waals surface area contributed by atoms with Crippen molar-refractivity contribution >= 4 is 22.5 Å². The van der Waals surface area contributed by atoms with Crippen LogP contribution in [0, 0.1) is 20.8 Å². The fourth-order valence-corrected chi connectivity index (χ4v) is 3.47. The van der Waals surface area contributed by atoms with Crippen molar-refractivity contribution < 1.29 is 9.21 Å². The fourth-order valence-electron chi connectivity index (χ4n) is 3.47. The molecule has 0 unspecified atom stereocenters. The van der Waals surface area contributed by atoms with Gasteiger partial charge in [0.1, 0.15) is 5.76 Å². The van der Waals surface area contributed by atoms with E-state index in [4.69, 9.17) is 4.42 Å². The molecule has 1 amide bonds. The van der Waals surface area contributed by atoms with Crippen molar-refractivity contribution in [1.29, 1.82) is 0 Å². The maximum Gasteiger partial charge on any atom is 0.259 e. The third-order valence-electron chi connectivity index (χ3n) is 5.13. The Balaban J connectivity index is 1.80. The minimum absolute atomic E-state index is 0.0969. The van der Waals surface area contributed by atoms with E-state index in [-0.39, 0.29) is 11.5 Å². The maximum atomic E-state index is 13.1. The molecule has 4 rings (SSSR count). The summed E-state index contributed by atoms with van der Waals surface area (Å²) in [5.41, 5.74) is 4.97. The first-order valence-corrected chi connectivity index (χ1v) is 9.28. The van der Waals surface area contributed by atoms with Crippen LogP contribution in [0.15, 0.2) is 58.1 Å². The normalized spacial score (nSPS) is 11.0. The van der Waals surface area contributed by atoms with Crippen molar-refractivity contribution in [3.05, 3.63) is 81.8 Å². The van der Waals surface area contributed by atoms with Crippen molar-refractivity contribution in [2.75, 3.05) is 5.32 Å². The van der Waals surface area contributed by atoms with Crippen LogP contribution in [0.5, 0.6) is 0 Å². The number of hydrogen-bond donors (Lipinski definition) is 1. The smallest absolute Gasteiger partial charge is 0.259 e. The highest BCUT2D eigenvalue weighted by atomic mass is 16.3. The summed E-state index contributed by atoms with van der Waals surface area (Å²) < 4.78 is 6.84. The van der Waals surface area contributed by atoms with Gasteiger partial charge in [-0.2, -0.15) is 0 Å². The van der Waals surface area contributed by atoms with E-state index in [1.807, 2.05) is 44.2 Å². The molecule has 0 aliphatic rings. The van der Waals surface area contributed by atoms with E-state index in [0.717, 1.165) is 27.7 Å². The van der Waals surface area contributed by atoms with Crippen LogP contribution in [-0.4, -0.2) is 15.5 Å². The largest absolute Gasteiger partial charge is 0.469 e. The zero-order chi connectivity index (χ0) is 20.7. The Kier molecular flexibility index (Phi) is 4.54. The number of carbonyl (C=O) groups excluding carboxylic acids is 1. The van der Waals surface area contributed by atoms with E-state index < -0.39 is 0 Å². The third kappa shape index (κ3) is 3.33. The van der Waals surface area contributed by atoms with Gasteiger partial charge < -0.3 is 14.3 Å². The van der Waals surface area contributed by atoms with Crippen LogP contribution in [0.2, 0.25) is 0 Å². The number of nitrogens with one attached hydrogen (secondary N) is 1. The molecule has 0 fully saturated rings. The summed E-state index contributed by atoms with van der Waals surface area (Å²) in [6, 6.07) is 10.9. The van der Waals surface area contributed by atoms with Crippen LogP contribution in [0.25, 0.3) is 22.0 Å². The third-order valence-corrected chi connectivity index (χ3v) is 5.13. The second-order valence-electron chi connectivity index (χ2n) is 7.18. The SMILES string of the molecule is Cc1cc2c(cn1)cc(-c1cc(NC(=O)c3ccoc3C)ccc1C)c(=O)n2C. The number of aromatic nitrogens is 2. The van der Waals surface area contributed by atoms with Crippen molar-refractivity contribution in [2.45, 2.75) is 20.8 Å². The lowest BCUT2D eigenvalue weighted by Gasteiger charge is -2.13. The quantitative estimate of drug-likeness (QED) is 0.566. The molecule has 146 valence electrons. The zero-order valence-corrected chi connectivity index (χ0v) is 16.7. The van der Waals surface area contributed by atoms with Crippen molar-refractivity contribution in [1.82, 2.24) is 9.55 Å². The number of anilines is 1. The monoisotopic (exact) mass is 387 g/mol. The number of rotatable bonds is 3. The second-order valence-corrected chi connectivity index (χ2v) is 7.18. The van der Waals surface area contributed by atoms with Gasteiger partial charge in [0.05, 0.1) is 17.3 Å². The number of hydrogen-bond acceptors (Lipinski definition) is 4. The number of furan rings is 1. The molecule has 6 heteroatoms. The molecule has 0 aliphatic heterocycles. The molecule has 6 nitrogen and oxygen atoms in total. The van der Waals surface area contributed by atoms with Crippen LogP contribution < -0.4 is 10.9 Å². The van der Waals surface area contributed by atoms with E-state index in [0.29, 0.717) is 22.6 Å². The first-order chi connectivity index (χ1) is 13.8. The van der Waals surface area contributed by atoms with Gasteiger partial charge in [0.2, 0.25) is 0 Å². The number of pyridine rings is 2. The van der Waals surface area contributed by atoms with E-state index in [2.05, 4.69) is 10.3 Å². The van der Waals surface area contributed by atoms with Crippen LogP contribution in [0.1, 0.15) is 27.4 Å². The number of carbonyl (C=O) groups is 1. The topological polar surface area (TPSA) is 77.1 Å². The summed E-state index contributed by atoms with van der Waals surface area (Å²) in [6.45, 7) is 5.58. The van der Waals surface area contributed by atoms with Gasteiger partial charge >= 0.3 is 0 Å².